The number of nitrogens with zero attached hydrogens (tertiary/aromatic N) is 1. The average molecular weight is 325 g/mol. The summed E-state index contributed by atoms with van der Waals surface area (Å²) < 4.78 is 39.6. The fraction of sp³-hybridized carbons (Fsp3) is 0.0714. The molecule has 2 aromatic rings. The molecule has 0 bridgehead atoms. The summed E-state index contributed by atoms with van der Waals surface area (Å²) in [5.41, 5.74) is 0.685. The lowest BCUT2D eigenvalue weighted by atomic mass is 10.1. The fourth-order valence-corrected chi connectivity index (χ4v) is 3.22. The van der Waals surface area contributed by atoms with Crippen LogP contribution in [0.3, 0.4) is 0 Å². The maximum Gasteiger partial charge on any atom is 0.236 e. The topological polar surface area (TPSA) is 70.0 Å². The number of hydrogen-bond acceptors (Lipinski definition) is 3. The molecule has 0 amide bonds. The van der Waals surface area contributed by atoms with Crippen molar-refractivity contribution < 1.29 is 12.8 Å². The first kappa shape index (κ1) is 15.3. The molecule has 21 heavy (non-hydrogen) atoms. The van der Waals surface area contributed by atoms with Crippen molar-refractivity contribution in [2.45, 2.75) is 5.75 Å². The highest BCUT2D eigenvalue weighted by Gasteiger charge is 2.15. The highest BCUT2D eigenvalue weighted by molar-refractivity contribution is 7.91. The van der Waals surface area contributed by atoms with Crippen LogP contribution >= 0.6 is 11.6 Å². The van der Waals surface area contributed by atoms with Crippen LogP contribution < -0.4 is 4.72 Å². The summed E-state index contributed by atoms with van der Waals surface area (Å²) in [7, 11) is -3.78. The van der Waals surface area contributed by atoms with Crippen LogP contribution in [0.2, 0.25) is 5.02 Å². The Morgan fingerprint density at radius 1 is 1.24 bits per heavy atom. The van der Waals surface area contributed by atoms with Gasteiger partial charge in [0.25, 0.3) is 0 Å². The third-order valence-corrected chi connectivity index (χ3v) is 4.08. The third kappa shape index (κ3) is 4.18. The average Bonchev–Trinajstić information content (AvgIpc) is 2.36. The standard InChI is InChI=1S/C14H10ClFN2O2S/c15-12-5-13(16)7-14(6-12)18-21(19,20)9-11-4-2-1-3-10(11)8-17/h1-7,18H,9H2. The van der Waals surface area contributed by atoms with Crippen LogP contribution in [0.25, 0.3) is 0 Å². The van der Waals surface area contributed by atoms with E-state index in [1.807, 2.05) is 6.07 Å². The molecule has 1 N–H and O–H groups in total. The van der Waals surface area contributed by atoms with Gasteiger partial charge in [0.2, 0.25) is 10.0 Å². The number of benzene rings is 2. The highest BCUT2D eigenvalue weighted by Crippen LogP contribution is 2.20. The van der Waals surface area contributed by atoms with Gasteiger partial charge in [0.15, 0.2) is 0 Å². The van der Waals surface area contributed by atoms with Crippen LogP contribution in [0.4, 0.5) is 10.1 Å². The molecule has 0 aliphatic rings. The van der Waals surface area contributed by atoms with Gasteiger partial charge >= 0.3 is 0 Å². The molecule has 0 spiro atoms. The second kappa shape index (κ2) is 6.12. The molecule has 0 saturated heterocycles. The van der Waals surface area contributed by atoms with E-state index < -0.39 is 15.8 Å². The van der Waals surface area contributed by atoms with Crippen LogP contribution in [0.5, 0.6) is 0 Å². The van der Waals surface area contributed by atoms with Crippen molar-refractivity contribution in [2.24, 2.45) is 0 Å². The molecule has 0 aromatic heterocycles. The minimum absolute atomic E-state index is 0.0365. The number of sulfonamides is 1. The molecule has 2 rings (SSSR count). The van der Waals surface area contributed by atoms with Crippen molar-refractivity contribution in [1.82, 2.24) is 0 Å². The predicted molar refractivity (Wildman–Crippen MR) is 78.8 cm³/mol. The summed E-state index contributed by atoms with van der Waals surface area (Å²) in [5.74, 6) is -1.03. The maximum absolute atomic E-state index is 13.2. The quantitative estimate of drug-likeness (QED) is 0.938. The SMILES string of the molecule is N#Cc1ccccc1CS(=O)(=O)Nc1cc(F)cc(Cl)c1. The Morgan fingerprint density at radius 2 is 1.95 bits per heavy atom. The molecule has 4 nitrogen and oxygen atoms in total. The molecule has 108 valence electrons. The molecule has 0 aliphatic heterocycles. The van der Waals surface area contributed by atoms with Gasteiger partial charge in [-0.15, -0.1) is 0 Å². The Balaban J connectivity index is 2.25. The summed E-state index contributed by atoms with van der Waals surface area (Å²) in [4.78, 5) is 0. The highest BCUT2D eigenvalue weighted by atomic mass is 35.5. The van der Waals surface area contributed by atoms with Gasteiger partial charge in [-0.25, -0.2) is 12.8 Å². The number of nitriles is 1. The molecule has 2 aromatic carbocycles. The normalized spacial score (nSPS) is 10.9. The number of halogens is 2. The number of hydrogen-bond donors (Lipinski definition) is 1. The monoisotopic (exact) mass is 324 g/mol. The van der Waals surface area contributed by atoms with Crippen LogP contribution in [0.15, 0.2) is 42.5 Å². The predicted octanol–water partition coefficient (Wildman–Crippen LogP) is 3.29. The number of rotatable bonds is 4. The van der Waals surface area contributed by atoms with Gasteiger partial charge in [-0.2, -0.15) is 5.26 Å². The lowest BCUT2D eigenvalue weighted by molar-refractivity contribution is 0.600. The van der Waals surface area contributed by atoms with Crippen molar-refractivity contribution in [1.29, 1.82) is 5.26 Å². The Hall–Kier alpha value is -2.10. The van der Waals surface area contributed by atoms with E-state index in [-0.39, 0.29) is 22.0 Å². The van der Waals surface area contributed by atoms with E-state index >= 15 is 0 Å². The van der Waals surface area contributed by atoms with E-state index in [0.717, 1.165) is 12.1 Å². The molecule has 7 heteroatoms. The Morgan fingerprint density at radius 3 is 2.62 bits per heavy atom. The van der Waals surface area contributed by atoms with Crippen molar-refractivity contribution in [2.75, 3.05) is 4.72 Å². The van der Waals surface area contributed by atoms with E-state index in [4.69, 9.17) is 16.9 Å². The van der Waals surface area contributed by atoms with Gasteiger partial charge < -0.3 is 0 Å². The van der Waals surface area contributed by atoms with E-state index in [1.54, 1.807) is 18.2 Å². The van der Waals surface area contributed by atoms with E-state index in [1.165, 1.54) is 12.1 Å². The van der Waals surface area contributed by atoms with Gasteiger partial charge in [-0.3, -0.25) is 4.72 Å². The molecule has 0 radical (unpaired) electrons. The molecule has 0 atom stereocenters. The fourth-order valence-electron chi connectivity index (χ4n) is 1.79. The maximum atomic E-state index is 13.2. The van der Waals surface area contributed by atoms with Gasteiger partial charge in [0.1, 0.15) is 5.82 Å². The first-order chi connectivity index (χ1) is 9.89. The molecular weight excluding hydrogens is 315 g/mol. The Kier molecular flexibility index (Phi) is 4.46. The van der Waals surface area contributed by atoms with Gasteiger partial charge in [-0.05, 0) is 29.8 Å². The lowest BCUT2D eigenvalue weighted by Gasteiger charge is -2.09. The smallest absolute Gasteiger partial charge is 0.236 e. The molecule has 0 saturated carbocycles. The number of nitrogens with one attached hydrogen (secondary N) is 1. The molecule has 0 heterocycles. The van der Waals surface area contributed by atoms with Crippen LogP contribution in [0.1, 0.15) is 11.1 Å². The van der Waals surface area contributed by atoms with Gasteiger partial charge in [-0.1, -0.05) is 29.8 Å². The first-order valence-electron chi connectivity index (χ1n) is 5.84. The van der Waals surface area contributed by atoms with E-state index in [9.17, 15) is 12.8 Å². The molecule has 0 unspecified atom stereocenters. The van der Waals surface area contributed by atoms with E-state index in [2.05, 4.69) is 4.72 Å². The summed E-state index contributed by atoms with van der Waals surface area (Å²) >= 11 is 5.67. The van der Waals surface area contributed by atoms with Crippen molar-refractivity contribution in [3.05, 3.63) is 64.4 Å². The lowest BCUT2D eigenvalue weighted by Crippen LogP contribution is -2.15. The third-order valence-electron chi connectivity index (χ3n) is 2.62. The van der Waals surface area contributed by atoms with Crippen LogP contribution in [-0.4, -0.2) is 8.42 Å². The minimum atomic E-state index is -3.78. The zero-order valence-corrected chi connectivity index (χ0v) is 12.2. The summed E-state index contributed by atoms with van der Waals surface area (Å²) in [6.45, 7) is 0. The zero-order chi connectivity index (χ0) is 15.5. The largest absolute Gasteiger partial charge is 0.283 e. The van der Waals surface area contributed by atoms with Gasteiger partial charge in [0.05, 0.1) is 23.1 Å². The van der Waals surface area contributed by atoms with Crippen LogP contribution in [-0.2, 0) is 15.8 Å². The molecular formula is C14H10ClFN2O2S. The second-order valence-electron chi connectivity index (χ2n) is 4.29. The minimum Gasteiger partial charge on any atom is -0.283 e. The van der Waals surface area contributed by atoms with Crippen molar-refractivity contribution in [3.63, 3.8) is 0 Å². The van der Waals surface area contributed by atoms with Crippen molar-refractivity contribution >= 4 is 27.3 Å². The Bertz CT molecular complexity index is 796. The second-order valence-corrected chi connectivity index (χ2v) is 6.45. The number of anilines is 1. The zero-order valence-electron chi connectivity index (χ0n) is 10.7. The first-order valence-corrected chi connectivity index (χ1v) is 7.87. The van der Waals surface area contributed by atoms with Crippen molar-refractivity contribution in [3.8, 4) is 6.07 Å². The van der Waals surface area contributed by atoms with E-state index in [0.29, 0.717) is 5.56 Å². The van der Waals surface area contributed by atoms with Crippen LogP contribution in [0, 0.1) is 17.1 Å². The molecule has 0 aliphatic carbocycles. The molecule has 0 fully saturated rings. The summed E-state index contributed by atoms with van der Waals surface area (Å²) in [5, 5.41) is 9.03. The Labute approximate surface area is 126 Å². The van der Waals surface area contributed by atoms with Gasteiger partial charge in [0, 0.05) is 5.02 Å². The summed E-state index contributed by atoms with van der Waals surface area (Å²) in [6.07, 6.45) is 0. The summed E-state index contributed by atoms with van der Waals surface area (Å²) in [6, 6.07) is 11.7.